The SMILES string of the molecule is O=S1(=O)CCCC1Cn1nnc2c(Br)cc(F)cc21. The maximum Gasteiger partial charge on any atom is 0.154 e. The third kappa shape index (κ3) is 2.27. The first-order valence-corrected chi connectivity index (χ1v) is 8.38. The van der Waals surface area contributed by atoms with Gasteiger partial charge < -0.3 is 0 Å². The van der Waals surface area contributed by atoms with E-state index in [2.05, 4.69) is 26.2 Å². The van der Waals surface area contributed by atoms with Gasteiger partial charge in [-0.05, 0) is 34.8 Å². The Bertz CT molecular complexity index is 744. The molecule has 3 rings (SSSR count). The molecule has 19 heavy (non-hydrogen) atoms. The second kappa shape index (κ2) is 4.52. The number of benzene rings is 1. The van der Waals surface area contributed by atoms with Crippen LogP contribution in [0.25, 0.3) is 11.0 Å². The van der Waals surface area contributed by atoms with Crippen LogP contribution in [0.5, 0.6) is 0 Å². The Morgan fingerprint density at radius 1 is 1.47 bits per heavy atom. The lowest BCUT2D eigenvalue weighted by atomic mass is 10.2. The number of nitrogens with zero attached hydrogens (tertiary/aromatic N) is 3. The highest BCUT2D eigenvalue weighted by molar-refractivity contribution is 9.10. The van der Waals surface area contributed by atoms with E-state index in [1.807, 2.05) is 0 Å². The van der Waals surface area contributed by atoms with E-state index in [1.54, 1.807) is 0 Å². The van der Waals surface area contributed by atoms with Gasteiger partial charge in [-0.2, -0.15) is 0 Å². The van der Waals surface area contributed by atoms with Crippen LogP contribution in [0.2, 0.25) is 0 Å². The van der Waals surface area contributed by atoms with Crippen molar-refractivity contribution >= 4 is 36.8 Å². The van der Waals surface area contributed by atoms with Crippen LogP contribution >= 0.6 is 15.9 Å². The number of hydrogen-bond donors (Lipinski definition) is 0. The van der Waals surface area contributed by atoms with Crippen LogP contribution < -0.4 is 0 Å². The lowest BCUT2D eigenvalue weighted by molar-refractivity contribution is 0.540. The van der Waals surface area contributed by atoms with Crippen molar-refractivity contribution in [1.29, 1.82) is 0 Å². The molecule has 1 aliphatic rings. The van der Waals surface area contributed by atoms with Crippen LogP contribution in [-0.4, -0.2) is 34.4 Å². The van der Waals surface area contributed by atoms with Crippen molar-refractivity contribution in [3.63, 3.8) is 0 Å². The summed E-state index contributed by atoms with van der Waals surface area (Å²) in [6, 6.07) is 2.63. The summed E-state index contributed by atoms with van der Waals surface area (Å²) in [6.07, 6.45) is 1.30. The van der Waals surface area contributed by atoms with Crippen LogP contribution in [0.15, 0.2) is 16.6 Å². The van der Waals surface area contributed by atoms with Gasteiger partial charge in [-0.3, -0.25) is 0 Å². The maximum absolute atomic E-state index is 13.4. The highest BCUT2D eigenvalue weighted by Crippen LogP contribution is 2.26. The molecule has 1 aromatic heterocycles. The fourth-order valence-electron chi connectivity index (χ4n) is 2.39. The molecule has 1 atom stereocenters. The van der Waals surface area contributed by atoms with E-state index in [1.165, 1.54) is 16.8 Å². The van der Waals surface area contributed by atoms with Crippen molar-refractivity contribution < 1.29 is 12.8 Å². The van der Waals surface area contributed by atoms with Crippen molar-refractivity contribution in [2.75, 3.05) is 5.75 Å². The number of fused-ring (bicyclic) bond motifs is 1. The summed E-state index contributed by atoms with van der Waals surface area (Å²) in [4.78, 5) is 0. The molecule has 5 nitrogen and oxygen atoms in total. The average molecular weight is 348 g/mol. The van der Waals surface area contributed by atoms with Gasteiger partial charge in [-0.1, -0.05) is 5.21 Å². The van der Waals surface area contributed by atoms with Gasteiger partial charge in [-0.15, -0.1) is 5.10 Å². The second-order valence-electron chi connectivity index (χ2n) is 4.66. The van der Waals surface area contributed by atoms with Gasteiger partial charge in [0.05, 0.1) is 27.5 Å². The largest absolute Gasteiger partial charge is 0.243 e. The molecule has 102 valence electrons. The summed E-state index contributed by atoms with van der Waals surface area (Å²) in [5, 5.41) is 7.44. The average Bonchev–Trinajstić information content (AvgIpc) is 2.85. The highest BCUT2D eigenvalue weighted by Gasteiger charge is 2.32. The van der Waals surface area contributed by atoms with Gasteiger partial charge in [0.25, 0.3) is 0 Å². The van der Waals surface area contributed by atoms with Gasteiger partial charge in [0.1, 0.15) is 11.3 Å². The molecule has 0 spiro atoms. The van der Waals surface area contributed by atoms with Crippen molar-refractivity contribution in [1.82, 2.24) is 15.0 Å². The van der Waals surface area contributed by atoms with Crippen LogP contribution in [0, 0.1) is 5.82 Å². The molecule has 2 heterocycles. The molecule has 1 saturated heterocycles. The summed E-state index contributed by atoms with van der Waals surface area (Å²) in [7, 11) is -3.05. The summed E-state index contributed by atoms with van der Waals surface area (Å²) >= 11 is 3.22. The molecule has 1 unspecified atom stereocenters. The van der Waals surface area contributed by atoms with Crippen molar-refractivity contribution in [2.24, 2.45) is 0 Å². The van der Waals surface area contributed by atoms with E-state index in [9.17, 15) is 12.8 Å². The topological polar surface area (TPSA) is 64.8 Å². The third-order valence-corrected chi connectivity index (χ3v) is 6.24. The Labute approximate surface area is 117 Å². The van der Waals surface area contributed by atoms with Crippen molar-refractivity contribution in [2.45, 2.75) is 24.6 Å². The van der Waals surface area contributed by atoms with E-state index in [4.69, 9.17) is 0 Å². The molecule has 0 amide bonds. The summed E-state index contributed by atoms with van der Waals surface area (Å²) in [5.41, 5.74) is 1.05. The quantitative estimate of drug-likeness (QED) is 0.832. The Balaban J connectivity index is 2.02. The number of hydrogen-bond acceptors (Lipinski definition) is 4. The Morgan fingerprint density at radius 2 is 2.26 bits per heavy atom. The lowest BCUT2D eigenvalue weighted by Crippen LogP contribution is -2.22. The summed E-state index contributed by atoms with van der Waals surface area (Å²) in [5.74, 6) is -0.181. The van der Waals surface area contributed by atoms with Crippen LogP contribution in [0.3, 0.4) is 0 Å². The number of halogens is 2. The third-order valence-electron chi connectivity index (χ3n) is 3.38. The monoisotopic (exact) mass is 347 g/mol. The first kappa shape index (κ1) is 13.0. The minimum Gasteiger partial charge on any atom is -0.243 e. The van der Waals surface area contributed by atoms with Gasteiger partial charge in [0, 0.05) is 6.07 Å². The Hall–Kier alpha value is -1.02. The first-order chi connectivity index (χ1) is 8.97. The van der Waals surface area contributed by atoms with Crippen LogP contribution in [0.4, 0.5) is 4.39 Å². The van der Waals surface area contributed by atoms with Gasteiger partial charge >= 0.3 is 0 Å². The zero-order valence-electron chi connectivity index (χ0n) is 9.88. The van der Waals surface area contributed by atoms with Gasteiger partial charge in [-0.25, -0.2) is 17.5 Å². The predicted octanol–water partition coefficient (Wildman–Crippen LogP) is 1.91. The molecule has 0 radical (unpaired) electrons. The van der Waals surface area contributed by atoms with E-state index in [0.717, 1.165) is 0 Å². The molecule has 0 bridgehead atoms. The van der Waals surface area contributed by atoms with Gasteiger partial charge in [0.2, 0.25) is 0 Å². The molecule has 0 aliphatic carbocycles. The molecule has 1 fully saturated rings. The van der Waals surface area contributed by atoms with Crippen molar-refractivity contribution in [3.05, 3.63) is 22.4 Å². The van der Waals surface area contributed by atoms with Crippen LogP contribution in [-0.2, 0) is 16.4 Å². The molecule has 8 heteroatoms. The Morgan fingerprint density at radius 3 is 2.95 bits per heavy atom. The zero-order valence-corrected chi connectivity index (χ0v) is 12.3. The number of sulfone groups is 1. The molecule has 1 aromatic carbocycles. The fraction of sp³-hybridized carbons (Fsp3) is 0.455. The first-order valence-electron chi connectivity index (χ1n) is 5.87. The zero-order chi connectivity index (χ0) is 13.6. The molecular weight excluding hydrogens is 337 g/mol. The number of rotatable bonds is 2. The molecule has 0 N–H and O–H groups in total. The minimum absolute atomic E-state index is 0.225. The molecular formula is C11H11BrFN3O2S. The molecule has 1 aliphatic heterocycles. The summed E-state index contributed by atoms with van der Waals surface area (Å²) in [6.45, 7) is 0.231. The highest BCUT2D eigenvalue weighted by atomic mass is 79.9. The lowest BCUT2D eigenvalue weighted by Gasteiger charge is -2.09. The van der Waals surface area contributed by atoms with E-state index >= 15 is 0 Å². The van der Waals surface area contributed by atoms with Crippen LogP contribution in [0.1, 0.15) is 12.8 Å². The minimum atomic E-state index is -3.05. The van der Waals surface area contributed by atoms with E-state index in [-0.39, 0.29) is 12.3 Å². The maximum atomic E-state index is 13.4. The molecule has 0 saturated carbocycles. The predicted molar refractivity (Wildman–Crippen MR) is 72.0 cm³/mol. The fourth-order valence-corrected chi connectivity index (χ4v) is 4.68. The second-order valence-corrected chi connectivity index (χ2v) is 7.91. The van der Waals surface area contributed by atoms with E-state index in [0.29, 0.717) is 28.3 Å². The van der Waals surface area contributed by atoms with Gasteiger partial charge in [0.15, 0.2) is 9.84 Å². The molecule has 2 aromatic rings. The number of aromatic nitrogens is 3. The smallest absolute Gasteiger partial charge is 0.154 e. The Kier molecular flexibility index (Phi) is 3.09. The van der Waals surface area contributed by atoms with E-state index < -0.39 is 20.9 Å². The standard InChI is InChI=1S/C11H11BrFN3O2S/c12-9-4-7(13)5-10-11(9)14-15-16(10)6-8-2-1-3-19(8,17)18/h4-5,8H,1-3,6H2. The summed E-state index contributed by atoms with van der Waals surface area (Å²) < 4.78 is 39.0. The normalized spacial score (nSPS) is 22.1. The van der Waals surface area contributed by atoms with Crippen molar-refractivity contribution in [3.8, 4) is 0 Å².